The molecule has 0 aliphatic carbocycles. The summed E-state index contributed by atoms with van der Waals surface area (Å²) in [4.78, 5) is 23.0. The number of benzene rings is 2. The van der Waals surface area contributed by atoms with Gasteiger partial charge in [0.25, 0.3) is 5.91 Å². The van der Waals surface area contributed by atoms with E-state index in [4.69, 9.17) is 0 Å². The zero-order chi connectivity index (χ0) is 19.9. The fraction of sp³-hybridized carbons (Fsp3) is 0.227. The highest BCUT2D eigenvalue weighted by Crippen LogP contribution is 2.18. The third-order valence-corrected chi connectivity index (χ3v) is 4.38. The van der Waals surface area contributed by atoms with E-state index in [1.165, 1.54) is 18.3 Å². The zero-order valence-corrected chi connectivity index (χ0v) is 16.0. The van der Waals surface area contributed by atoms with Crippen LogP contribution in [-0.4, -0.2) is 29.0 Å². The number of amides is 1. The highest BCUT2D eigenvalue weighted by atomic mass is 19.1. The number of anilines is 2. The maximum atomic E-state index is 12.9. The van der Waals surface area contributed by atoms with E-state index in [0.717, 1.165) is 23.2 Å². The highest BCUT2D eigenvalue weighted by molar-refractivity contribution is 6.04. The number of rotatable bonds is 7. The Hall–Kier alpha value is -3.28. The first kappa shape index (κ1) is 19.5. The van der Waals surface area contributed by atoms with Gasteiger partial charge in [0.15, 0.2) is 0 Å². The molecule has 1 heterocycles. The van der Waals surface area contributed by atoms with Gasteiger partial charge in [-0.25, -0.2) is 14.4 Å². The van der Waals surface area contributed by atoms with Gasteiger partial charge in [0.05, 0.1) is 12.4 Å². The molecule has 0 atom stereocenters. The van der Waals surface area contributed by atoms with Gasteiger partial charge >= 0.3 is 0 Å². The maximum Gasteiger partial charge on any atom is 0.278 e. The van der Waals surface area contributed by atoms with Crippen molar-refractivity contribution in [2.45, 2.75) is 20.3 Å². The van der Waals surface area contributed by atoms with Crippen molar-refractivity contribution in [1.82, 2.24) is 9.97 Å². The fourth-order valence-corrected chi connectivity index (χ4v) is 2.89. The molecule has 1 amide bonds. The molecule has 0 aliphatic heterocycles. The lowest BCUT2D eigenvalue weighted by Gasteiger charge is -2.21. The minimum absolute atomic E-state index is 0.182. The molecule has 3 aromatic rings. The van der Waals surface area contributed by atoms with E-state index in [0.29, 0.717) is 24.6 Å². The second-order valence-electron chi connectivity index (χ2n) is 6.48. The van der Waals surface area contributed by atoms with E-state index in [-0.39, 0.29) is 11.7 Å². The normalized spacial score (nSPS) is 10.5. The number of carbonyl (C=O) groups excluding carboxylic acids is 1. The number of carbonyl (C=O) groups is 1. The molecule has 28 heavy (non-hydrogen) atoms. The number of nitrogens with zero attached hydrogens (tertiary/aromatic N) is 3. The van der Waals surface area contributed by atoms with E-state index >= 15 is 0 Å². The molecule has 0 aliphatic rings. The molecule has 0 radical (unpaired) electrons. The number of hydrogen-bond acceptors (Lipinski definition) is 4. The van der Waals surface area contributed by atoms with E-state index in [1.807, 2.05) is 38.1 Å². The lowest BCUT2D eigenvalue weighted by atomic mass is 10.1. The molecule has 1 aromatic heterocycles. The number of nitrogens with one attached hydrogen (secondary N) is 1. The minimum Gasteiger partial charge on any atom is -0.368 e. The monoisotopic (exact) mass is 378 g/mol. The first-order chi connectivity index (χ1) is 13.6. The van der Waals surface area contributed by atoms with Gasteiger partial charge in [0, 0.05) is 18.8 Å². The molecule has 5 nitrogen and oxygen atoms in total. The summed E-state index contributed by atoms with van der Waals surface area (Å²) in [6, 6.07) is 14.2. The molecule has 0 saturated carbocycles. The summed E-state index contributed by atoms with van der Waals surface area (Å²) in [6.07, 6.45) is 3.78. The molecule has 3 rings (SSSR count). The van der Waals surface area contributed by atoms with Crippen molar-refractivity contribution in [3.8, 4) is 0 Å². The Labute approximate surface area is 164 Å². The second kappa shape index (κ2) is 9.08. The molecular formula is C22H23FN4O. The minimum atomic E-state index is -0.241. The van der Waals surface area contributed by atoms with Crippen LogP contribution in [0.15, 0.2) is 60.9 Å². The fourth-order valence-electron chi connectivity index (χ4n) is 2.89. The molecule has 2 aromatic carbocycles. The molecule has 0 spiro atoms. The molecular weight excluding hydrogens is 355 g/mol. The lowest BCUT2D eigenvalue weighted by molar-refractivity contribution is 0.0983. The van der Waals surface area contributed by atoms with Crippen LogP contribution in [0.2, 0.25) is 0 Å². The molecule has 0 saturated heterocycles. The molecule has 6 heteroatoms. The Morgan fingerprint density at radius 1 is 1.11 bits per heavy atom. The Balaban J connectivity index is 1.61. The third-order valence-electron chi connectivity index (χ3n) is 4.38. The number of aryl methyl sites for hydroxylation is 1. The van der Waals surface area contributed by atoms with Crippen LogP contribution in [0.25, 0.3) is 0 Å². The second-order valence-corrected chi connectivity index (χ2v) is 6.48. The summed E-state index contributed by atoms with van der Waals surface area (Å²) in [7, 11) is 0. The Morgan fingerprint density at radius 3 is 2.54 bits per heavy atom. The van der Waals surface area contributed by atoms with Crippen LogP contribution in [0.3, 0.4) is 0 Å². The maximum absolute atomic E-state index is 12.9. The molecule has 144 valence electrons. The Morgan fingerprint density at radius 2 is 1.89 bits per heavy atom. The summed E-state index contributed by atoms with van der Waals surface area (Å²) in [6.45, 7) is 5.10. The predicted octanol–water partition coefficient (Wildman–Crippen LogP) is 4.25. The largest absolute Gasteiger partial charge is 0.368 e. The van der Waals surface area contributed by atoms with E-state index < -0.39 is 0 Å². The summed E-state index contributed by atoms with van der Waals surface area (Å²) in [5, 5.41) is 3.16. The van der Waals surface area contributed by atoms with Crippen LogP contribution in [-0.2, 0) is 6.42 Å². The third kappa shape index (κ3) is 4.91. The van der Waals surface area contributed by atoms with Crippen LogP contribution in [0, 0.1) is 12.7 Å². The SMILES string of the molecule is CCN(C(=O)c1cnc(NCCc2ccc(F)cc2)cn1)c1cccc(C)c1. The smallest absolute Gasteiger partial charge is 0.278 e. The van der Waals surface area contributed by atoms with Gasteiger partial charge in [-0.1, -0.05) is 24.3 Å². The van der Waals surface area contributed by atoms with Crippen molar-refractivity contribution >= 4 is 17.4 Å². The van der Waals surface area contributed by atoms with Crippen molar-refractivity contribution in [3.05, 3.63) is 83.6 Å². The number of halogens is 1. The molecule has 1 N–H and O–H groups in total. The van der Waals surface area contributed by atoms with Crippen molar-refractivity contribution in [1.29, 1.82) is 0 Å². The van der Waals surface area contributed by atoms with Crippen molar-refractivity contribution in [2.75, 3.05) is 23.3 Å². The summed E-state index contributed by atoms with van der Waals surface area (Å²) >= 11 is 0. The first-order valence-electron chi connectivity index (χ1n) is 9.25. The van der Waals surface area contributed by atoms with Crippen LogP contribution in [0.5, 0.6) is 0 Å². The first-order valence-corrected chi connectivity index (χ1v) is 9.25. The van der Waals surface area contributed by atoms with Gasteiger partial charge in [-0.15, -0.1) is 0 Å². The quantitative estimate of drug-likeness (QED) is 0.668. The van der Waals surface area contributed by atoms with Crippen LogP contribution in [0.1, 0.15) is 28.5 Å². The summed E-state index contributed by atoms with van der Waals surface area (Å²) in [5.41, 5.74) is 3.27. The lowest BCUT2D eigenvalue weighted by Crippen LogP contribution is -2.31. The summed E-state index contributed by atoms with van der Waals surface area (Å²) < 4.78 is 12.9. The van der Waals surface area contributed by atoms with E-state index in [1.54, 1.807) is 23.2 Å². The van der Waals surface area contributed by atoms with Gasteiger partial charge in [0.1, 0.15) is 17.3 Å². The van der Waals surface area contributed by atoms with Crippen LogP contribution >= 0.6 is 0 Å². The Bertz CT molecular complexity index is 926. The number of hydrogen-bond donors (Lipinski definition) is 1. The van der Waals surface area contributed by atoms with E-state index in [2.05, 4.69) is 15.3 Å². The number of aromatic nitrogens is 2. The average molecular weight is 378 g/mol. The topological polar surface area (TPSA) is 58.1 Å². The summed E-state index contributed by atoms with van der Waals surface area (Å²) in [5.74, 6) is 0.172. The average Bonchev–Trinajstić information content (AvgIpc) is 2.70. The van der Waals surface area contributed by atoms with Crippen molar-refractivity contribution in [3.63, 3.8) is 0 Å². The molecule has 0 fully saturated rings. The van der Waals surface area contributed by atoms with Gasteiger partial charge in [-0.2, -0.15) is 0 Å². The van der Waals surface area contributed by atoms with Gasteiger partial charge in [-0.3, -0.25) is 4.79 Å². The van der Waals surface area contributed by atoms with Crippen LogP contribution in [0.4, 0.5) is 15.9 Å². The molecule has 0 bridgehead atoms. The standard InChI is InChI=1S/C22H23FN4O/c1-3-27(19-6-4-5-16(2)13-19)22(28)20-14-26-21(15-25-20)24-12-11-17-7-9-18(23)10-8-17/h4-10,13-15H,3,11-12H2,1-2H3,(H,24,26). The van der Waals surface area contributed by atoms with Gasteiger partial charge in [0.2, 0.25) is 0 Å². The predicted molar refractivity (Wildman–Crippen MR) is 109 cm³/mol. The highest BCUT2D eigenvalue weighted by Gasteiger charge is 2.17. The van der Waals surface area contributed by atoms with Crippen molar-refractivity contribution in [2.24, 2.45) is 0 Å². The van der Waals surface area contributed by atoms with Crippen LogP contribution < -0.4 is 10.2 Å². The van der Waals surface area contributed by atoms with Gasteiger partial charge in [-0.05, 0) is 55.7 Å². The van der Waals surface area contributed by atoms with E-state index in [9.17, 15) is 9.18 Å². The van der Waals surface area contributed by atoms with Gasteiger partial charge < -0.3 is 10.2 Å². The molecule has 0 unspecified atom stereocenters. The van der Waals surface area contributed by atoms with Crippen molar-refractivity contribution < 1.29 is 9.18 Å². The zero-order valence-electron chi connectivity index (χ0n) is 16.0. The Kier molecular flexibility index (Phi) is 6.32.